The van der Waals surface area contributed by atoms with Crippen LogP contribution in [-0.4, -0.2) is 71.4 Å². The lowest BCUT2D eigenvalue weighted by atomic mass is 9.92. The standard InChI is InChI=1S/C18H20O8.C16H26N/c1-11(2)17(23)25-7-8-26-18(24)13-5-3-12(4-6-13)14(9-15(19)20)10-16(21)22;1-6-17(7-2,8-3)13-15-9-11-16(12-10-15)14(4)5/h3-6,14H,1,7-10H2,2H3,(H,19,20)(H,21,22);9-12H,4,6-8,13H2,1-3,5H3/q;+1. The highest BCUT2D eigenvalue weighted by atomic mass is 16.6. The third-order valence-electron chi connectivity index (χ3n) is 7.34. The molecule has 0 fully saturated rings. The van der Waals surface area contributed by atoms with Gasteiger partial charge in [-0.25, -0.2) is 9.59 Å². The van der Waals surface area contributed by atoms with Crippen LogP contribution in [0, 0.1) is 0 Å². The maximum absolute atomic E-state index is 11.9. The maximum atomic E-state index is 11.9. The van der Waals surface area contributed by atoms with Crippen molar-refractivity contribution in [2.75, 3.05) is 32.8 Å². The second kappa shape index (κ2) is 18.3. The summed E-state index contributed by atoms with van der Waals surface area (Å²) >= 11 is 0. The molecule has 0 bridgehead atoms. The van der Waals surface area contributed by atoms with E-state index in [1.165, 1.54) is 66.4 Å². The monoisotopic (exact) mass is 596 g/mol. The summed E-state index contributed by atoms with van der Waals surface area (Å²) in [6, 6.07) is 14.7. The smallest absolute Gasteiger partial charge is 0.338 e. The van der Waals surface area contributed by atoms with Crippen LogP contribution < -0.4 is 0 Å². The topological polar surface area (TPSA) is 127 Å². The fraction of sp³-hybridized carbons (Fsp3) is 0.412. The van der Waals surface area contributed by atoms with Gasteiger partial charge >= 0.3 is 23.9 Å². The second-order valence-corrected chi connectivity index (χ2v) is 10.5. The van der Waals surface area contributed by atoms with Crippen LogP contribution in [0.1, 0.15) is 80.4 Å². The Morgan fingerprint density at radius 3 is 1.63 bits per heavy atom. The minimum absolute atomic E-state index is 0.102. The molecule has 2 rings (SSSR count). The summed E-state index contributed by atoms with van der Waals surface area (Å²) < 4.78 is 10.9. The van der Waals surface area contributed by atoms with Crippen LogP contribution in [-0.2, 0) is 30.4 Å². The first-order valence-electron chi connectivity index (χ1n) is 14.4. The van der Waals surface area contributed by atoms with Gasteiger partial charge in [0.1, 0.15) is 19.8 Å². The SMILES string of the molecule is C=C(C)C(=O)OCCOC(=O)c1ccc(C(CC(=O)O)CC(=O)O)cc1.C=C(C)c1ccc(C[N+](CC)(CC)CC)cc1. The first-order chi connectivity index (χ1) is 20.3. The number of carboxylic acid groups (broad SMARTS) is 2. The molecule has 234 valence electrons. The maximum Gasteiger partial charge on any atom is 0.338 e. The Hall–Kier alpha value is -4.24. The van der Waals surface area contributed by atoms with Crippen molar-refractivity contribution in [1.82, 2.24) is 0 Å². The van der Waals surface area contributed by atoms with Crippen molar-refractivity contribution >= 4 is 29.5 Å². The minimum atomic E-state index is -1.11. The predicted octanol–water partition coefficient (Wildman–Crippen LogP) is 6.09. The molecule has 0 spiro atoms. The molecular formula is C34H46NO8+. The first kappa shape index (κ1) is 36.8. The molecule has 9 nitrogen and oxygen atoms in total. The van der Waals surface area contributed by atoms with E-state index in [0.29, 0.717) is 5.56 Å². The summed E-state index contributed by atoms with van der Waals surface area (Å²) in [5.74, 6) is -4.13. The van der Waals surface area contributed by atoms with Crippen molar-refractivity contribution in [2.24, 2.45) is 0 Å². The van der Waals surface area contributed by atoms with Crippen molar-refractivity contribution in [2.45, 2.75) is 59.9 Å². The molecule has 0 heterocycles. The molecule has 2 N–H and O–H groups in total. The van der Waals surface area contributed by atoms with Crippen LogP contribution in [0.2, 0.25) is 0 Å². The highest BCUT2D eigenvalue weighted by Crippen LogP contribution is 2.24. The van der Waals surface area contributed by atoms with Crippen molar-refractivity contribution in [3.8, 4) is 0 Å². The lowest BCUT2D eigenvalue weighted by Crippen LogP contribution is -2.46. The third kappa shape index (κ3) is 13.1. The number of hydrogen-bond donors (Lipinski definition) is 2. The van der Waals surface area contributed by atoms with E-state index in [1.54, 1.807) is 0 Å². The number of quaternary nitrogens is 1. The number of carboxylic acids is 2. The van der Waals surface area contributed by atoms with Crippen molar-refractivity contribution in [3.63, 3.8) is 0 Å². The van der Waals surface area contributed by atoms with Gasteiger partial charge in [0.05, 0.1) is 38.0 Å². The molecule has 0 atom stereocenters. The number of esters is 2. The molecule has 0 aromatic heterocycles. The average Bonchev–Trinajstić information content (AvgIpc) is 2.97. The van der Waals surface area contributed by atoms with Gasteiger partial charge in [0.15, 0.2) is 0 Å². The number of benzene rings is 2. The van der Waals surface area contributed by atoms with Crippen LogP contribution in [0.15, 0.2) is 67.3 Å². The highest BCUT2D eigenvalue weighted by Gasteiger charge is 2.21. The molecule has 0 saturated carbocycles. The number of hydrogen-bond acceptors (Lipinski definition) is 6. The summed E-state index contributed by atoms with van der Waals surface area (Å²) in [6.07, 6.45) is -0.658. The van der Waals surface area contributed by atoms with Crippen molar-refractivity contribution in [3.05, 3.63) is 89.5 Å². The minimum Gasteiger partial charge on any atom is -0.481 e. The number of allylic oxidation sites excluding steroid dienone is 1. The summed E-state index contributed by atoms with van der Waals surface area (Å²) in [5.41, 5.74) is 4.77. The largest absolute Gasteiger partial charge is 0.481 e. The van der Waals surface area contributed by atoms with E-state index in [0.717, 1.165) is 12.1 Å². The van der Waals surface area contributed by atoms with E-state index in [2.05, 4.69) is 65.1 Å². The summed E-state index contributed by atoms with van der Waals surface area (Å²) in [6.45, 7) is 22.3. The lowest BCUT2D eigenvalue weighted by Gasteiger charge is -2.35. The summed E-state index contributed by atoms with van der Waals surface area (Å²) in [5, 5.41) is 17.8. The molecule has 0 saturated heterocycles. The number of carbonyl (C=O) groups excluding carboxylic acids is 2. The molecule has 0 radical (unpaired) electrons. The van der Waals surface area contributed by atoms with E-state index < -0.39 is 29.8 Å². The quantitative estimate of drug-likeness (QED) is 0.103. The Kier molecular flexibility index (Phi) is 15.7. The van der Waals surface area contributed by atoms with Gasteiger partial charge in [0, 0.05) is 17.1 Å². The number of rotatable bonds is 16. The average molecular weight is 597 g/mol. The van der Waals surface area contributed by atoms with Crippen LogP contribution in [0.4, 0.5) is 0 Å². The Morgan fingerprint density at radius 1 is 0.744 bits per heavy atom. The molecule has 0 unspecified atom stereocenters. The van der Waals surface area contributed by atoms with Gasteiger partial charge in [-0.3, -0.25) is 9.59 Å². The summed E-state index contributed by atoms with van der Waals surface area (Å²) in [7, 11) is 0. The molecule has 9 heteroatoms. The van der Waals surface area contributed by atoms with Crippen LogP contribution >= 0.6 is 0 Å². The Balaban J connectivity index is 0.000000469. The molecule has 0 aliphatic rings. The van der Waals surface area contributed by atoms with E-state index in [-0.39, 0.29) is 37.2 Å². The first-order valence-corrected chi connectivity index (χ1v) is 14.4. The van der Waals surface area contributed by atoms with E-state index in [4.69, 9.17) is 19.7 Å². The van der Waals surface area contributed by atoms with Gasteiger partial charge in [-0.1, -0.05) is 55.1 Å². The molecule has 2 aromatic rings. The van der Waals surface area contributed by atoms with E-state index in [9.17, 15) is 19.2 Å². The number of ether oxygens (including phenoxy) is 2. The van der Waals surface area contributed by atoms with Gasteiger partial charge in [0.2, 0.25) is 0 Å². The number of carbonyl (C=O) groups is 4. The van der Waals surface area contributed by atoms with Crippen LogP contribution in [0.5, 0.6) is 0 Å². The normalized spacial score (nSPS) is 10.7. The zero-order valence-corrected chi connectivity index (χ0v) is 26.1. The van der Waals surface area contributed by atoms with Crippen LogP contribution in [0.25, 0.3) is 5.57 Å². The number of aliphatic carboxylic acids is 2. The highest BCUT2D eigenvalue weighted by molar-refractivity contribution is 5.89. The third-order valence-corrected chi connectivity index (χ3v) is 7.34. The van der Waals surface area contributed by atoms with Gasteiger partial charge < -0.3 is 24.2 Å². The molecule has 0 amide bonds. The zero-order chi connectivity index (χ0) is 32.6. The van der Waals surface area contributed by atoms with Crippen LogP contribution in [0.3, 0.4) is 0 Å². The number of nitrogens with zero attached hydrogens (tertiary/aromatic N) is 1. The fourth-order valence-corrected chi connectivity index (χ4v) is 4.38. The fourth-order valence-electron chi connectivity index (χ4n) is 4.38. The van der Waals surface area contributed by atoms with Gasteiger partial charge in [0.25, 0.3) is 0 Å². The van der Waals surface area contributed by atoms with Crippen molar-refractivity contribution < 1.29 is 43.3 Å². The molecule has 43 heavy (non-hydrogen) atoms. The van der Waals surface area contributed by atoms with Gasteiger partial charge in [-0.2, -0.15) is 0 Å². The molecular weight excluding hydrogens is 550 g/mol. The van der Waals surface area contributed by atoms with E-state index in [1.807, 2.05) is 0 Å². The second-order valence-electron chi connectivity index (χ2n) is 10.5. The Labute approximate surface area is 255 Å². The Morgan fingerprint density at radius 2 is 1.21 bits per heavy atom. The predicted molar refractivity (Wildman–Crippen MR) is 166 cm³/mol. The van der Waals surface area contributed by atoms with Crippen molar-refractivity contribution in [1.29, 1.82) is 0 Å². The van der Waals surface area contributed by atoms with Gasteiger partial charge in [-0.15, -0.1) is 0 Å². The molecule has 0 aliphatic carbocycles. The lowest BCUT2D eigenvalue weighted by molar-refractivity contribution is -0.936. The zero-order valence-electron chi connectivity index (χ0n) is 26.1. The van der Waals surface area contributed by atoms with E-state index >= 15 is 0 Å². The summed E-state index contributed by atoms with van der Waals surface area (Å²) in [4.78, 5) is 44.8. The molecule has 2 aromatic carbocycles. The van der Waals surface area contributed by atoms with Gasteiger partial charge in [-0.05, 0) is 57.9 Å². The molecule has 0 aliphatic heterocycles. The Bertz CT molecular complexity index is 1220.